The molecule has 0 fully saturated rings. The summed E-state index contributed by atoms with van der Waals surface area (Å²) in [4.78, 5) is 13.8. The number of aromatic amines is 1. The van der Waals surface area contributed by atoms with Crippen molar-refractivity contribution < 1.29 is 9.15 Å². The molecule has 0 saturated carbocycles. The maximum atomic E-state index is 11.1. The fourth-order valence-electron chi connectivity index (χ4n) is 2.62. The Morgan fingerprint density at radius 1 is 1.19 bits per heavy atom. The van der Waals surface area contributed by atoms with Crippen LogP contribution in [0.15, 0.2) is 45.6 Å². The highest BCUT2D eigenvalue weighted by Gasteiger charge is 2.11. The topological polar surface area (TPSA) is 67.3 Å². The first-order valence-corrected chi connectivity index (χ1v) is 6.89. The average molecular weight is 282 g/mol. The molecule has 0 aliphatic carbocycles. The van der Waals surface area contributed by atoms with Crippen molar-refractivity contribution in [2.45, 2.75) is 13.0 Å². The molecule has 4 rings (SSSR count). The van der Waals surface area contributed by atoms with Crippen molar-refractivity contribution >= 4 is 16.8 Å². The second-order valence-corrected chi connectivity index (χ2v) is 5.12. The highest BCUT2D eigenvalue weighted by atomic mass is 16.5. The Bertz CT molecular complexity index is 863. The number of hydrogen-bond donors (Lipinski definition) is 2. The monoisotopic (exact) mass is 282 g/mol. The van der Waals surface area contributed by atoms with Crippen LogP contribution in [-0.2, 0) is 13.0 Å². The van der Waals surface area contributed by atoms with Crippen molar-refractivity contribution in [3.05, 3.63) is 58.1 Å². The fraction of sp³-hybridized carbons (Fsp3) is 0.188. The van der Waals surface area contributed by atoms with Gasteiger partial charge in [-0.05, 0) is 35.4 Å². The predicted octanol–water partition coefficient (Wildman–Crippen LogP) is 2.67. The molecular weight excluding hydrogens is 268 g/mol. The lowest BCUT2D eigenvalue weighted by molar-refractivity contribution is 0.357. The first-order valence-electron chi connectivity index (χ1n) is 6.89. The summed E-state index contributed by atoms with van der Waals surface area (Å²) in [7, 11) is 0. The zero-order valence-electron chi connectivity index (χ0n) is 11.3. The van der Waals surface area contributed by atoms with Crippen molar-refractivity contribution in [3.63, 3.8) is 0 Å². The van der Waals surface area contributed by atoms with Crippen LogP contribution < -0.4 is 15.8 Å². The highest BCUT2D eigenvalue weighted by Crippen LogP contribution is 2.26. The maximum absolute atomic E-state index is 11.1. The minimum absolute atomic E-state index is 0.430. The molecular formula is C16H14N2O3. The Kier molecular flexibility index (Phi) is 2.70. The third kappa shape index (κ3) is 2.27. The summed E-state index contributed by atoms with van der Waals surface area (Å²) in [6, 6.07) is 11.8. The second-order valence-electron chi connectivity index (χ2n) is 5.12. The standard InChI is InChI=1S/C16H14N2O3/c19-16-18-13-8-12(2-4-15(13)21-16)17-9-10-1-3-14-11(7-10)5-6-20-14/h1-4,7-8,17H,5-6,9H2,(H,18,19). The Hall–Kier alpha value is -2.69. The van der Waals surface area contributed by atoms with E-state index in [0.717, 1.165) is 31.0 Å². The normalized spacial score (nSPS) is 13.1. The summed E-state index contributed by atoms with van der Waals surface area (Å²) in [5.74, 6) is 0.567. The summed E-state index contributed by atoms with van der Waals surface area (Å²) >= 11 is 0. The van der Waals surface area contributed by atoms with Gasteiger partial charge in [0.25, 0.3) is 0 Å². The Morgan fingerprint density at radius 3 is 3.10 bits per heavy atom. The van der Waals surface area contributed by atoms with E-state index in [0.29, 0.717) is 11.1 Å². The van der Waals surface area contributed by atoms with Gasteiger partial charge in [-0.1, -0.05) is 12.1 Å². The van der Waals surface area contributed by atoms with Crippen molar-refractivity contribution in [2.75, 3.05) is 11.9 Å². The van der Waals surface area contributed by atoms with Crippen LogP contribution >= 0.6 is 0 Å². The Balaban J connectivity index is 1.53. The molecule has 1 aliphatic heterocycles. The Morgan fingerprint density at radius 2 is 2.14 bits per heavy atom. The minimum atomic E-state index is -0.430. The van der Waals surface area contributed by atoms with Gasteiger partial charge < -0.3 is 14.5 Å². The van der Waals surface area contributed by atoms with Crippen LogP contribution in [0.5, 0.6) is 5.75 Å². The number of H-pyrrole nitrogens is 1. The molecule has 1 aromatic heterocycles. The van der Waals surface area contributed by atoms with E-state index in [1.54, 1.807) is 6.07 Å². The number of fused-ring (bicyclic) bond motifs is 2. The first-order chi connectivity index (χ1) is 10.3. The van der Waals surface area contributed by atoms with E-state index in [1.165, 1.54) is 11.1 Å². The molecule has 106 valence electrons. The number of hydrogen-bond acceptors (Lipinski definition) is 4. The van der Waals surface area contributed by atoms with Gasteiger partial charge in [-0.2, -0.15) is 0 Å². The largest absolute Gasteiger partial charge is 0.493 e. The predicted molar refractivity (Wildman–Crippen MR) is 79.8 cm³/mol. The van der Waals surface area contributed by atoms with Gasteiger partial charge in [0.15, 0.2) is 5.58 Å². The zero-order valence-corrected chi connectivity index (χ0v) is 11.3. The molecule has 1 aliphatic rings. The number of rotatable bonds is 3. The molecule has 21 heavy (non-hydrogen) atoms. The van der Waals surface area contributed by atoms with E-state index < -0.39 is 5.76 Å². The summed E-state index contributed by atoms with van der Waals surface area (Å²) in [5.41, 5.74) is 4.69. The molecule has 0 amide bonds. The van der Waals surface area contributed by atoms with Gasteiger partial charge in [-0.15, -0.1) is 0 Å². The van der Waals surface area contributed by atoms with E-state index >= 15 is 0 Å². The first kappa shape index (κ1) is 12.1. The number of anilines is 1. The molecule has 5 heteroatoms. The molecule has 0 radical (unpaired) electrons. The number of aromatic nitrogens is 1. The van der Waals surface area contributed by atoms with Crippen LogP contribution in [0.1, 0.15) is 11.1 Å². The minimum Gasteiger partial charge on any atom is -0.493 e. The van der Waals surface area contributed by atoms with Crippen molar-refractivity contribution in [3.8, 4) is 5.75 Å². The van der Waals surface area contributed by atoms with E-state index in [4.69, 9.17) is 9.15 Å². The lowest BCUT2D eigenvalue weighted by atomic mass is 10.1. The van der Waals surface area contributed by atoms with Crippen LogP contribution in [0, 0.1) is 0 Å². The van der Waals surface area contributed by atoms with Gasteiger partial charge >= 0.3 is 5.76 Å². The van der Waals surface area contributed by atoms with E-state index in [-0.39, 0.29) is 0 Å². The van der Waals surface area contributed by atoms with Gasteiger partial charge in [-0.25, -0.2) is 4.79 Å². The SMILES string of the molecule is O=c1[nH]c2cc(NCc3ccc4c(c3)CCO4)ccc2o1. The van der Waals surface area contributed by atoms with Gasteiger partial charge in [0, 0.05) is 18.7 Å². The molecule has 0 atom stereocenters. The van der Waals surface area contributed by atoms with Crippen LogP contribution in [0.3, 0.4) is 0 Å². The average Bonchev–Trinajstić information content (AvgIpc) is 3.08. The number of oxazole rings is 1. The highest BCUT2D eigenvalue weighted by molar-refractivity contribution is 5.76. The smallest absolute Gasteiger partial charge is 0.417 e. The number of benzene rings is 2. The van der Waals surface area contributed by atoms with Gasteiger partial charge in [0.05, 0.1) is 12.1 Å². The van der Waals surface area contributed by atoms with Crippen molar-refractivity contribution in [1.29, 1.82) is 0 Å². The third-order valence-corrected chi connectivity index (χ3v) is 3.67. The molecule has 3 aromatic rings. The summed E-state index contributed by atoms with van der Waals surface area (Å²) in [6.07, 6.45) is 0.978. The van der Waals surface area contributed by atoms with E-state index in [9.17, 15) is 4.79 Å². The maximum Gasteiger partial charge on any atom is 0.417 e. The summed E-state index contributed by atoms with van der Waals surface area (Å²) in [6.45, 7) is 1.50. The van der Waals surface area contributed by atoms with Gasteiger partial charge in [0.1, 0.15) is 5.75 Å². The third-order valence-electron chi connectivity index (χ3n) is 3.67. The quantitative estimate of drug-likeness (QED) is 0.775. The van der Waals surface area contributed by atoms with Crippen LogP contribution in [0.25, 0.3) is 11.1 Å². The van der Waals surface area contributed by atoms with E-state index in [2.05, 4.69) is 22.4 Å². The van der Waals surface area contributed by atoms with Crippen LogP contribution in [0.2, 0.25) is 0 Å². The molecule has 5 nitrogen and oxygen atoms in total. The van der Waals surface area contributed by atoms with Crippen molar-refractivity contribution in [2.24, 2.45) is 0 Å². The summed E-state index contributed by atoms with van der Waals surface area (Å²) in [5, 5.41) is 3.35. The second kappa shape index (κ2) is 4.70. The van der Waals surface area contributed by atoms with E-state index in [1.807, 2.05) is 18.2 Å². The summed E-state index contributed by atoms with van der Waals surface area (Å²) < 4.78 is 10.5. The zero-order chi connectivity index (χ0) is 14.2. The number of ether oxygens (including phenoxy) is 1. The van der Waals surface area contributed by atoms with Crippen LogP contribution in [-0.4, -0.2) is 11.6 Å². The molecule has 0 bridgehead atoms. The molecule has 0 saturated heterocycles. The Labute approximate surface area is 120 Å². The van der Waals surface area contributed by atoms with Gasteiger partial charge in [0.2, 0.25) is 0 Å². The molecule has 2 heterocycles. The number of nitrogens with one attached hydrogen (secondary N) is 2. The lowest BCUT2D eigenvalue weighted by Gasteiger charge is -2.07. The lowest BCUT2D eigenvalue weighted by Crippen LogP contribution is -1.99. The van der Waals surface area contributed by atoms with Gasteiger partial charge in [-0.3, -0.25) is 4.98 Å². The van der Waals surface area contributed by atoms with Crippen LogP contribution in [0.4, 0.5) is 5.69 Å². The van der Waals surface area contributed by atoms with Crippen molar-refractivity contribution in [1.82, 2.24) is 4.98 Å². The molecule has 2 N–H and O–H groups in total. The molecule has 2 aromatic carbocycles. The fourth-order valence-corrected chi connectivity index (χ4v) is 2.62. The molecule has 0 spiro atoms. The molecule has 0 unspecified atom stereocenters.